The molecule has 8 aromatic carbocycles. The number of benzene rings is 8. The van der Waals surface area contributed by atoms with Gasteiger partial charge in [0.05, 0.1) is 0 Å². The van der Waals surface area contributed by atoms with Gasteiger partial charge in [-0.3, -0.25) is 0 Å². The van der Waals surface area contributed by atoms with Crippen LogP contribution >= 0.6 is 11.3 Å². The van der Waals surface area contributed by atoms with Crippen LogP contribution in [0.2, 0.25) is 0 Å². The van der Waals surface area contributed by atoms with Crippen molar-refractivity contribution in [3.63, 3.8) is 0 Å². The van der Waals surface area contributed by atoms with Crippen molar-refractivity contribution >= 4 is 85.8 Å². The van der Waals surface area contributed by atoms with E-state index in [1.165, 1.54) is 85.5 Å². The van der Waals surface area contributed by atoms with E-state index in [4.69, 9.17) is 4.42 Å². The molecule has 10 rings (SSSR count). The molecule has 0 saturated heterocycles. The zero-order valence-corrected chi connectivity index (χ0v) is 24.5. The first-order chi connectivity index (χ1) is 21.8. The smallest absolute Gasteiger partial charge is 0.136 e. The highest BCUT2D eigenvalue weighted by molar-refractivity contribution is 7.25. The minimum absolute atomic E-state index is 0.927. The Labute approximate surface area is 257 Å². The van der Waals surface area contributed by atoms with Crippen LogP contribution in [0, 0.1) is 0 Å². The third-order valence-electron chi connectivity index (χ3n) is 9.24. The lowest BCUT2D eigenvalue weighted by molar-refractivity contribution is 0.670. The monoisotopic (exact) mass is 576 g/mol. The van der Waals surface area contributed by atoms with Gasteiger partial charge in [0, 0.05) is 30.9 Å². The standard InChI is InChI=1S/C42H24OS/c1-2-12-25(13-3-1)40-29-17-6-8-19-31(29)41(32-20-9-7-18-30(32)40)34-23-37-42(28-16-5-4-14-26(28)34)35-22-33-27-15-10-11-21-38(27)44-39(33)24-36(35)43-37/h1-24H. The minimum Gasteiger partial charge on any atom is -0.456 e. The SMILES string of the molecule is c1ccc(-c2c3ccccc3c(-c3cc4oc5cc6sc7ccccc7c6cc5c4c4ccccc34)c3ccccc23)cc1. The van der Waals surface area contributed by atoms with E-state index in [9.17, 15) is 0 Å². The molecule has 1 nitrogen and oxygen atoms in total. The Morgan fingerprint density at radius 2 is 0.932 bits per heavy atom. The summed E-state index contributed by atoms with van der Waals surface area (Å²) in [6.45, 7) is 0. The highest BCUT2D eigenvalue weighted by Crippen LogP contribution is 2.48. The van der Waals surface area contributed by atoms with Gasteiger partial charge in [-0.2, -0.15) is 0 Å². The highest BCUT2D eigenvalue weighted by Gasteiger charge is 2.21. The van der Waals surface area contributed by atoms with Gasteiger partial charge in [-0.05, 0) is 78.8 Å². The summed E-state index contributed by atoms with van der Waals surface area (Å²) in [4.78, 5) is 0. The summed E-state index contributed by atoms with van der Waals surface area (Å²) in [7, 11) is 0. The molecule has 0 spiro atoms. The molecule has 0 unspecified atom stereocenters. The normalized spacial score (nSPS) is 12.1. The van der Waals surface area contributed by atoms with E-state index in [-0.39, 0.29) is 0 Å². The first kappa shape index (κ1) is 24.0. The van der Waals surface area contributed by atoms with E-state index in [1.54, 1.807) is 0 Å². The molecular weight excluding hydrogens is 553 g/mol. The van der Waals surface area contributed by atoms with Gasteiger partial charge >= 0.3 is 0 Å². The Morgan fingerprint density at radius 3 is 1.64 bits per heavy atom. The number of thiophene rings is 1. The van der Waals surface area contributed by atoms with Gasteiger partial charge in [0.15, 0.2) is 0 Å². The summed E-state index contributed by atoms with van der Waals surface area (Å²) < 4.78 is 9.32. The van der Waals surface area contributed by atoms with E-state index >= 15 is 0 Å². The van der Waals surface area contributed by atoms with Crippen molar-refractivity contribution in [2.75, 3.05) is 0 Å². The lowest BCUT2D eigenvalue weighted by Gasteiger charge is -2.19. The lowest BCUT2D eigenvalue weighted by Crippen LogP contribution is -1.91. The molecule has 2 heteroatoms. The Hall–Kier alpha value is -5.44. The molecule has 0 aliphatic heterocycles. The number of furan rings is 1. The largest absolute Gasteiger partial charge is 0.456 e. The summed E-state index contributed by atoms with van der Waals surface area (Å²) in [6, 6.07) is 52.9. The van der Waals surface area contributed by atoms with Gasteiger partial charge in [0.1, 0.15) is 11.2 Å². The average molecular weight is 577 g/mol. The molecule has 2 aromatic heterocycles. The van der Waals surface area contributed by atoms with Crippen molar-refractivity contribution in [1.29, 1.82) is 0 Å². The molecule has 0 N–H and O–H groups in total. The van der Waals surface area contributed by atoms with E-state index in [0.29, 0.717) is 0 Å². The molecule has 0 bridgehead atoms. The zero-order valence-electron chi connectivity index (χ0n) is 23.7. The fraction of sp³-hybridized carbons (Fsp3) is 0. The summed E-state index contributed by atoms with van der Waals surface area (Å²) >= 11 is 1.83. The predicted molar refractivity (Wildman–Crippen MR) is 190 cm³/mol. The van der Waals surface area contributed by atoms with Crippen LogP contribution in [0.15, 0.2) is 150 Å². The molecule has 44 heavy (non-hydrogen) atoms. The van der Waals surface area contributed by atoms with Crippen LogP contribution in [0.5, 0.6) is 0 Å². The quantitative estimate of drug-likeness (QED) is 0.187. The van der Waals surface area contributed by atoms with Crippen molar-refractivity contribution < 1.29 is 4.42 Å². The van der Waals surface area contributed by atoms with E-state index in [1.807, 2.05) is 11.3 Å². The Bertz CT molecular complexity index is 2710. The topological polar surface area (TPSA) is 13.1 Å². The summed E-state index contributed by atoms with van der Waals surface area (Å²) in [5.74, 6) is 0. The van der Waals surface area contributed by atoms with Gasteiger partial charge < -0.3 is 4.42 Å². The summed E-state index contributed by atoms with van der Waals surface area (Å²) in [5, 5.41) is 12.4. The zero-order chi connectivity index (χ0) is 28.8. The summed E-state index contributed by atoms with van der Waals surface area (Å²) in [5.41, 5.74) is 6.83. The maximum atomic E-state index is 6.75. The molecule has 2 heterocycles. The predicted octanol–water partition coefficient (Wildman–Crippen LogP) is 12.7. The van der Waals surface area contributed by atoms with Crippen molar-refractivity contribution in [3.05, 3.63) is 146 Å². The molecule has 10 aromatic rings. The molecule has 0 saturated carbocycles. The van der Waals surface area contributed by atoms with Crippen LogP contribution < -0.4 is 0 Å². The fourth-order valence-electron chi connectivity index (χ4n) is 7.40. The second-order valence-corrected chi connectivity index (χ2v) is 12.7. The number of fused-ring (bicyclic) bond motifs is 10. The van der Waals surface area contributed by atoms with Crippen LogP contribution in [0.3, 0.4) is 0 Å². The van der Waals surface area contributed by atoms with Gasteiger partial charge in [-0.1, -0.05) is 121 Å². The highest BCUT2D eigenvalue weighted by atomic mass is 32.1. The molecule has 0 radical (unpaired) electrons. The van der Waals surface area contributed by atoms with Crippen LogP contribution in [0.25, 0.3) is 96.7 Å². The van der Waals surface area contributed by atoms with Crippen molar-refractivity contribution in [1.82, 2.24) is 0 Å². The Morgan fingerprint density at radius 1 is 0.364 bits per heavy atom. The minimum atomic E-state index is 0.927. The van der Waals surface area contributed by atoms with Crippen LogP contribution in [0.4, 0.5) is 0 Å². The second kappa shape index (κ2) is 9.03. The lowest BCUT2D eigenvalue weighted by atomic mass is 9.84. The molecule has 0 aliphatic carbocycles. The first-order valence-electron chi connectivity index (χ1n) is 15.0. The fourth-order valence-corrected chi connectivity index (χ4v) is 8.52. The molecule has 204 valence electrons. The van der Waals surface area contributed by atoms with Crippen LogP contribution in [-0.4, -0.2) is 0 Å². The van der Waals surface area contributed by atoms with E-state index < -0.39 is 0 Å². The van der Waals surface area contributed by atoms with E-state index in [0.717, 1.165) is 11.2 Å². The maximum Gasteiger partial charge on any atom is 0.136 e. The average Bonchev–Trinajstić information content (AvgIpc) is 3.63. The Kier molecular flexibility index (Phi) is 4.94. The van der Waals surface area contributed by atoms with Crippen molar-refractivity contribution in [2.24, 2.45) is 0 Å². The van der Waals surface area contributed by atoms with Gasteiger partial charge in [-0.15, -0.1) is 11.3 Å². The molecule has 0 fully saturated rings. The third kappa shape index (κ3) is 3.29. The number of hydrogen-bond acceptors (Lipinski definition) is 2. The van der Waals surface area contributed by atoms with Crippen LogP contribution in [0.1, 0.15) is 0 Å². The number of rotatable bonds is 2. The first-order valence-corrected chi connectivity index (χ1v) is 15.8. The molecule has 0 aliphatic rings. The molecule has 0 atom stereocenters. The molecule has 0 amide bonds. The maximum absolute atomic E-state index is 6.75. The summed E-state index contributed by atoms with van der Waals surface area (Å²) in [6.07, 6.45) is 0. The molecular formula is C42H24OS. The third-order valence-corrected chi connectivity index (χ3v) is 10.4. The van der Waals surface area contributed by atoms with Crippen LogP contribution in [-0.2, 0) is 0 Å². The van der Waals surface area contributed by atoms with Gasteiger partial charge in [0.2, 0.25) is 0 Å². The second-order valence-electron chi connectivity index (χ2n) is 11.6. The Balaban J connectivity index is 1.36. The van der Waals surface area contributed by atoms with Crippen molar-refractivity contribution in [3.8, 4) is 22.3 Å². The van der Waals surface area contributed by atoms with E-state index in [2.05, 4.69) is 146 Å². The van der Waals surface area contributed by atoms with Crippen molar-refractivity contribution in [2.45, 2.75) is 0 Å². The number of hydrogen-bond donors (Lipinski definition) is 0. The van der Waals surface area contributed by atoms with Gasteiger partial charge in [0.25, 0.3) is 0 Å². The van der Waals surface area contributed by atoms with Gasteiger partial charge in [-0.25, -0.2) is 0 Å².